The Labute approximate surface area is 123 Å². The lowest BCUT2D eigenvalue weighted by Gasteiger charge is -2.09. The zero-order valence-electron chi connectivity index (χ0n) is 12.1. The maximum atomic E-state index is 12.8. The fourth-order valence-corrected chi connectivity index (χ4v) is 2.15. The van der Waals surface area contributed by atoms with Gasteiger partial charge in [0.2, 0.25) is 0 Å². The number of anilines is 2. The van der Waals surface area contributed by atoms with Gasteiger partial charge in [0.1, 0.15) is 23.3 Å². The van der Waals surface area contributed by atoms with Gasteiger partial charge in [-0.05, 0) is 43.9 Å². The first-order chi connectivity index (χ1) is 10.2. The van der Waals surface area contributed by atoms with Crippen LogP contribution in [0.3, 0.4) is 0 Å². The summed E-state index contributed by atoms with van der Waals surface area (Å²) in [5.74, 6) is 2.26. The Bertz CT molecular complexity index is 608. The van der Waals surface area contributed by atoms with Crippen molar-refractivity contribution < 1.29 is 4.39 Å². The van der Waals surface area contributed by atoms with E-state index >= 15 is 0 Å². The van der Waals surface area contributed by atoms with E-state index < -0.39 is 0 Å². The Hall–Kier alpha value is -2.17. The summed E-state index contributed by atoms with van der Waals surface area (Å²) in [7, 11) is 0. The normalized spacial score (nSPS) is 14.0. The molecule has 1 aliphatic carbocycles. The number of nitrogens with zero attached hydrogens (tertiary/aromatic N) is 2. The molecule has 0 saturated heterocycles. The first-order valence-electron chi connectivity index (χ1n) is 7.29. The number of hydrogen-bond donors (Lipinski definition) is 2. The standard InChI is InChI=1S/C16H19FN4/c1-11-19-15(10-16(20-11)21-14-6-7-14)18-9-8-12-2-4-13(17)5-3-12/h2-5,10,14H,6-9H2,1H3,(H2,18,19,20,21). The Morgan fingerprint density at radius 1 is 1.14 bits per heavy atom. The lowest BCUT2D eigenvalue weighted by Crippen LogP contribution is -2.10. The van der Waals surface area contributed by atoms with E-state index in [4.69, 9.17) is 0 Å². The van der Waals surface area contributed by atoms with E-state index in [0.717, 1.165) is 36.0 Å². The number of aryl methyl sites for hydroxylation is 1. The average Bonchev–Trinajstić information content (AvgIpc) is 3.24. The molecule has 0 atom stereocenters. The number of hydrogen-bond acceptors (Lipinski definition) is 4. The van der Waals surface area contributed by atoms with Crippen LogP contribution < -0.4 is 10.6 Å². The summed E-state index contributed by atoms with van der Waals surface area (Å²) in [6.07, 6.45) is 3.27. The molecule has 5 heteroatoms. The molecule has 0 bridgehead atoms. The lowest BCUT2D eigenvalue weighted by molar-refractivity contribution is 0.627. The Balaban J connectivity index is 1.56. The second-order valence-electron chi connectivity index (χ2n) is 5.41. The molecule has 110 valence electrons. The number of rotatable bonds is 6. The maximum Gasteiger partial charge on any atom is 0.132 e. The highest BCUT2D eigenvalue weighted by molar-refractivity contribution is 5.48. The van der Waals surface area contributed by atoms with Crippen molar-refractivity contribution in [3.8, 4) is 0 Å². The summed E-state index contributed by atoms with van der Waals surface area (Å²) in [6, 6.07) is 9.11. The molecule has 0 amide bonds. The van der Waals surface area contributed by atoms with Crippen LogP contribution in [-0.2, 0) is 6.42 Å². The van der Waals surface area contributed by atoms with E-state index in [2.05, 4.69) is 20.6 Å². The van der Waals surface area contributed by atoms with Crippen molar-refractivity contribution in [3.05, 3.63) is 47.5 Å². The van der Waals surface area contributed by atoms with Crippen LogP contribution in [0.1, 0.15) is 24.2 Å². The second kappa shape index (κ2) is 6.08. The molecule has 2 N–H and O–H groups in total. The Morgan fingerprint density at radius 2 is 1.86 bits per heavy atom. The number of benzene rings is 1. The maximum absolute atomic E-state index is 12.8. The third kappa shape index (κ3) is 4.15. The molecule has 3 rings (SSSR count). The molecule has 1 heterocycles. The van der Waals surface area contributed by atoms with Crippen LogP contribution in [0.25, 0.3) is 0 Å². The van der Waals surface area contributed by atoms with Crippen LogP contribution in [-0.4, -0.2) is 22.6 Å². The first-order valence-corrected chi connectivity index (χ1v) is 7.29. The largest absolute Gasteiger partial charge is 0.370 e. The summed E-state index contributed by atoms with van der Waals surface area (Å²) < 4.78 is 12.8. The summed E-state index contributed by atoms with van der Waals surface area (Å²) in [6.45, 7) is 2.65. The Kier molecular flexibility index (Phi) is 3.99. The summed E-state index contributed by atoms with van der Waals surface area (Å²) in [5, 5.41) is 6.68. The molecular weight excluding hydrogens is 267 g/mol. The van der Waals surface area contributed by atoms with Crippen molar-refractivity contribution in [1.29, 1.82) is 0 Å². The summed E-state index contributed by atoms with van der Waals surface area (Å²) in [5.41, 5.74) is 1.10. The molecule has 0 unspecified atom stereocenters. The van der Waals surface area contributed by atoms with Crippen molar-refractivity contribution in [2.24, 2.45) is 0 Å². The van der Waals surface area contributed by atoms with Gasteiger partial charge < -0.3 is 10.6 Å². The van der Waals surface area contributed by atoms with E-state index in [1.807, 2.05) is 25.1 Å². The van der Waals surface area contributed by atoms with E-state index in [-0.39, 0.29) is 5.82 Å². The zero-order valence-corrected chi connectivity index (χ0v) is 12.1. The molecular formula is C16H19FN4. The zero-order chi connectivity index (χ0) is 14.7. The molecule has 1 aliphatic rings. The van der Waals surface area contributed by atoms with Gasteiger partial charge in [-0.15, -0.1) is 0 Å². The van der Waals surface area contributed by atoms with E-state index in [0.29, 0.717) is 6.04 Å². The van der Waals surface area contributed by atoms with E-state index in [1.165, 1.54) is 25.0 Å². The van der Waals surface area contributed by atoms with E-state index in [9.17, 15) is 4.39 Å². The van der Waals surface area contributed by atoms with Crippen LogP contribution in [0, 0.1) is 12.7 Å². The van der Waals surface area contributed by atoms with Crippen molar-refractivity contribution in [2.45, 2.75) is 32.2 Å². The predicted octanol–water partition coefficient (Wildman–Crippen LogP) is 3.15. The minimum Gasteiger partial charge on any atom is -0.370 e. The third-order valence-corrected chi connectivity index (χ3v) is 3.40. The highest BCUT2D eigenvalue weighted by Crippen LogP contribution is 2.24. The van der Waals surface area contributed by atoms with Crippen molar-refractivity contribution in [3.63, 3.8) is 0 Å². The minimum absolute atomic E-state index is 0.200. The molecule has 0 spiro atoms. The molecule has 21 heavy (non-hydrogen) atoms. The highest BCUT2D eigenvalue weighted by Gasteiger charge is 2.21. The molecule has 4 nitrogen and oxygen atoms in total. The van der Waals surface area contributed by atoms with Gasteiger partial charge in [-0.25, -0.2) is 14.4 Å². The van der Waals surface area contributed by atoms with Crippen LogP contribution in [0.5, 0.6) is 0 Å². The fourth-order valence-electron chi connectivity index (χ4n) is 2.15. The summed E-state index contributed by atoms with van der Waals surface area (Å²) in [4.78, 5) is 8.77. The molecule has 1 saturated carbocycles. The van der Waals surface area contributed by atoms with Gasteiger partial charge in [-0.3, -0.25) is 0 Å². The monoisotopic (exact) mass is 286 g/mol. The number of nitrogens with one attached hydrogen (secondary N) is 2. The molecule has 1 aromatic carbocycles. The van der Waals surface area contributed by atoms with Gasteiger partial charge in [0, 0.05) is 18.7 Å². The van der Waals surface area contributed by atoms with Crippen molar-refractivity contribution in [2.75, 3.05) is 17.2 Å². The van der Waals surface area contributed by atoms with Gasteiger partial charge in [-0.2, -0.15) is 0 Å². The minimum atomic E-state index is -0.200. The van der Waals surface area contributed by atoms with Crippen LogP contribution in [0.2, 0.25) is 0 Å². The number of halogens is 1. The molecule has 2 aromatic rings. The van der Waals surface area contributed by atoms with Gasteiger partial charge >= 0.3 is 0 Å². The predicted molar refractivity (Wildman–Crippen MR) is 82.0 cm³/mol. The molecule has 0 aliphatic heterocycles. The van der Waals surface area contributed by atoms with Gasteiger partial charge in [0.05, 0.1) is 0 Å². The third-order valence-electron chi connectivity index (χ3n) is 3.40. The van der Waals surface area contributed by atoms with Gasteiger partial charge in [-0.1, -0.05) is 12.1 Å². The molecule has 0 radical (unpaired) electrons. The van der Waals surface area contributed by atoms with Crippen LogP contribution in [0.4, 0.5) is 16.0 Å². The first kappa shape index (κ1) is 13.8. The smallest absolute Gasteiger partial charge is 0.132 e. The average molecular weight is 286 g/mol. The second-order valence-corrected chi connectivity index (χ2v) is 5.41. The fraction of sp³-hybridized carbons (Fsp3) is 0.375. The van der Waals surface area contributed by atoms with Crippen LogP contribution in [0.15, 0.2) is 30.3 Å². The Morgan fingerprint density at radius 3 is 2.57 bits per heavy atom. The SMILES string of the molecule is Cc1nc(NCCc2ccc(F)cc2)cc(NC2CC2)n1. The van der Waals surface area contributed by atoms with Gasteiger partial charge in [0.25, 0.3) is 0 Å². The molecule has 1 aromatic heterocycles. The topological polar surface area (TPSA) is 49.8 Å². The lowest BCUT2D eigenvalue weighted by atomic mass is 10.1. The van der Waals surface area contributed by atoms with E-state index in [1.54, 1.807) is 0 Å². The molecule has 1 fully saturated rings. The van der Waals surface area contributed by atoms with Gasteiger partial charge in [0.15, 0.2) is 0 Å². The van der Waals surface area contributed by atoms with Crippen LogP contribution >= 0.6 is 0 Å². The quantitative estimate of drug-likeness (QED) is 0.856. The number of aromatic nitrogens is 2. The van der Waals surface area contributed by atoms with Crippen molar-refractivity contribution in [1.82, 2.24) is 9.97 Å². The van der Waals surface area contributed by atoms with Crippen molar-refractivity contribution >= 4 is 11.6 Å². The highest BCUT2D eigenvalue weighted by atomic mass is 19.1. The summed E-state index contributed by atoms with van der Waals surface area (Å²) >= 11 is 0.